The number of aromatic nitrogens is 3. The number of halogens is 2. The lowest BCUT2D eigenvalue weighted by Gasteiger charge is -2.08. The van der Waals surface area contributed by atoms with Gasteiger partial charge in [-0.1, -0.05) is 11.6 Å². The van der Waals surface area contributed by atoms with Gasteiger partial charge < -0.3 is 10.1 Å². The predicted octanol–water partition coefficient (Wildman–Crippen LogP) is 3.63. The first-order valence-electron chi connectivity index (χ1n) is 8.39. The Balaban J connectivity index is 1.68. The molecule has 0 unspecified atom stereocenters. The Morgan fingerprint density at radius 1 is 1.30 bits per heavy atom. The molecule has 1 aliphatic carbocycles. The van der Waals surface area contributed by atoms with Crippen molar-refractivity contribution >= 4 is 17.5 Å². The number of hydrogen-bond donors (Lipinski definition) is 1. The number of nitrogens with zero attached hydrogens (tertiary/aromatic N) is 3. The van der Waals surface area contributed by atoms with E-state index in [4.69, 9.17) is 16.3 Å². The number of benzene rings is 1. The minimum atomic E-state index is -0.647. The summed E-state index contributed by atoms with van der Waals surface area (Å²) in [5, 5.41) is 7.30. The third-order valence-corrected chi connectivity index (χ3v) is 4.62. The van der Waals surface area contributed by atoms with Gasteiger partial charge in [-0.15, -0.1) is 0 Å². The molecule has 0 spiro atoms. The Labute approximate surface area is 159 Å². The predicted molar refractivity (Wildman–Crippen MR) is 98.8 cm³/mol. The Morgan fingerprint density at radius 2 is 2.11 bits per heavy atom. The smallest absolute Gasteiger partial charge is 0.254 e. The van der Waals surface area contributed by atoms with Crippen LogP contribution < -0.4 is 10.1 Å². The van der Waals surface area contributed by atoms with Crippen LogP contribution in [0.4, 0.5) is 4.39 Å². The third kappa shape index (κ3) is 3.64. The Morgan fingerprint density at radius 3 is 2.85 bits per heavy atom. The number of nitrogens with one attached hydrogen (secondary N) is 1. The van der Waals surface area contributed by atoms with Crippen molar-refractivity contribution in [1.29, 1.82) is 0 Å². The first-order valence-corrected chi connectivity index (χ1v) is 8.77. The molecular formula is C19H16ClFN4O2. The fourth-order valence-electron chi connectivity index (χ4n) is 2.68. The van der Waals surface area contributed by atoms with Crippen molar-refractivity contribution in [2.45, 2.75) is 18.9 Å². The summed E-state index contributed by atoms with van der Waals surface area (Å²) < 4.78 is 21.0. The van der Waals surface area contributed by atoms with Gasteiger partial charge in [-0.3, -0.25) is 9.78 Å². The average Bonchev–Trinajstić information content (AvgIpc) is 3.34. The van der Waals surface area contributed by atoms with E-state index in [0.717, 1.165) is 18.9 Å². The van der Waals surface area contributed by atoms with Gasteiger partial charge in [0.25, 0.3) is 5.91 Å². The lowest BCUT2D eigenvalue weighted by Crippen LogP contribution is -2.26. The second-order valence-corrected chi connectivity index (χ2v) is 6.72. The Bertz CT molecular complexity index is 1020. The SMILES string of the molecule is COc1cncc(-n2cc(-c3cc(C(=O)NC4CC4)c(F)cc3Cl)cn2)c1. The van der Waals surface area contributed by atoms with Gasteiger partial charge in [-0.25, -0.2) is 9.07 Å². The van der Waals surface area contributed by atoms with Gasteiger partial charge in [-0.05, 0) is 25.0 Å². The molecule has 27 heavy (non-hydrogen) atoms. The second kappa shape index (κ2) is 7.00. The summed E-state index contributed by atoms with van der Waals surface area (Å²) in [5.74, 6) is -0.480. The molecule has 1 N–H and O–H groups in total. The highest BCUT2D eigenvalue weighted by Crippen LogP contribution is 2.31. The van der Waals surface area contributed by atoms with E-state index >= 15 is 0 Å². The van der Waals surface area contributed by atoms with E-state index in [1.165, 1.54) is 6.07 Å². The molecule has 0 aliphatic heterocycles. The first-order chi connectivity index (χ1) is 13.0. The maximum absolute atomic E-state index is 14.2. The number of pyridine rings is 1. The molecule has 2 aromatic heterocycles. The fraction of sp³-hybridized carbons (Fsp3) is 0.211. The molecule has 0 saturated heterocycles. The van der Waals surface area contributed by atoms with Crippen molar-refractivity contribution in [1.82, 2.24) is 20.1 Å². The monoisotopic (exact) mass is 386 g/mol. The third-order valence-electron chi connectivity index (χ3n) is 4.31. The van der Waals surface area contributed by atoms with Crippen molar-refractivity contribution in [2.24, 2.45) is 0 Å². The number of carbonyl (C=O) groups excluding carboxylic acids is 1. The van der Waals surface area contributed by atoms with Crippen LogP contribution in [-0.2, 0) is 0 Å². The largest absolute Gasteiger partial charge is 0.495 e. The van der Waals surface area contributed by atoms with Gasteiger partial charge >= 0.3 is 0 Å². The van der Waals surface area contributed by atoms with Gasteiger partial charge in [0.15, 0.2) is 0 Å². The van der Waals surface area contributed by atoms with Gasteiger partial charge in [0, 0.05) is 29.4 Å². The van der Waals surface area contributed by atoms with E-state index in [-0.39, 0.29) is 16.6 Å². The molecule has 3 aromatic rings. The quantitative estimate of drug-likeness (QED) is 0.727. The van der Waals surface area contributed by atoms with Gasteiger partial charge in [0.1, 0.15) is 11.6 Å². The lowest BCUT2D eigenvalue weighted by atomic mass is 10.0. The Kier molecular flexibility index (Phi) is 4.53. The molecule has 1 fully saturated rings. The average molecular weight is 387 g/mol. The molecule has 4 rings (SSSR count). The van der Waals surface area contributed by atoms with Crippen LogP contribution >= 0.6 is 11.6 Å². The molecule has 1 aromatic carbocycles. The molecule has 1 amide bonds. The van der Waals surface area contributed by atoms with E-state index in [2.05, 4.69) is 15.4 Å². The van der Waals surface area contributed by atoms with Gasteiger partial charge in [-0.2, -0.15) is 5.10 Å². The summed E-state index contributed by atoms with van der Waals surface area (Å²) in [6.07, 6.45) is 8.42. The van der Waals surface area contributed by atoms with Crippen molar-refractivity contribution in [3.05, 3.63) is 59.4 Å². The van der Waals surface area contributed by atoms with Crippen LogP contribution in [0.5, 0.6) is 5.75 Å². The van der Waals surface area contributed by atoms with Crippen molar-refractivity contribution < 1.29 is 13.9 Å². The molecule has 138 valence electrons. The van der Waals surface area contributed by atoms with E-state index in [1.807, 2.05) is 0 Å². The zero-order chi connectivity index (χ0) is 19.0. The highest BCUT2D eigenvalue weighted by Gasteiger charge is 2.26. The molecule has 6 nitrogen and oxygen atoms in total. The number of carbonyl (C=O) groups is 1. The number of rotatable bonds is 5. The number of hydrogen-bond acceptors (Lipinski definition) is 4. The standard InChI is InChI=1S/C19H16ClFN4O2/c1-27-14-4-13(8-22-9-14)25-10-11(7-23-25)15-5-16(18(21)6-17(15)20)19(26)24-12-2-3-12/h4-10,12H,2-3H2,1H3,(H,24,26). The number of ether oxygens (including phenoxy) is 1. The topological polar surface area (TPSA) is 69.0 Å². The van der Waals surface area contributed by atoms with Crippen LogP contribution in [0.3, 0.4) is 0 Å². The molecule has 0 atom stereocenters. The van der Waals surface area contributed by atoms with E-state index in [1.54, 1.807) is 42.6 Å². The molecule has 2 heterocycles. The van der Waals surface area contributed by atoms with Crippen molar-refractivity contribution in [2.75, 3.05) is 7.11 Å². The highest BCUT2D eigenvalue weighted by molar-refractivity contribution is 6.33. The van der Waals surface area contributed by atoms with Crippen LogP contribution in [0, 0.1) is 5.82 Å². The lowest BCUT2D eigenvalue weighted by molar-refractivity contribution is 0.0947. The summed E-state index contributed by atoms with van der Waals surface area (Å²) in [6, 6.07) is 4.54. The van der Waals surface area contributed by atoms with E-state index in [0.29, 0.717) is 22.6 Å². The van der Waals surface area contributed by atoms with Crippen LogP contribution in [0.1, 0.15) is 23.2 Å². The maximum Gasteiger partial charge on any atom is 0.254 e. The van der Waals surface area contributed by atoms with Crippen LogP contribution in [0.25, 0.3) is 16.8 Å². The van der Waals surface area contributed by atoms with E-state index < -0.39 is 11.7 Å². The van der Waals surface area contributed by atoms with E-state index in [9.17, 15) is 9.18 Å². The summed E-state index contributed by atoms with van der Waals surface area (Å²) in [4.78, 5) is 16.4. The minimum Gasteiger partial charge on any atom is -0.495 e. The summed E-state index contributed by atoms with van der Waals surface area (Å²) in [7, 11) is 1.56. The number of amides is 1. The summed E-state index contributed by atoms with van der Waals surface area (Å²) in [5.41, 5.74) is 1.85. The summed E-state index contributed by atoms with van der Waals surface area (Å²) in [6.45, 7) is 0. The Hall–Kier alpha value is -2.93. The first kappa shape index (κ1) is 17.5. The normalized spacial score (nSPS) is 13.4. The molecule has 0 bridgehead atoms. The van der Waals surface area contributed by atoms with Crippen LogP contribution in [0.15, 0.2) is 43.0 Å². The highest BCUT2D eigenvalue weighted by atomic mass is 35.5. The van der Waals surface area contributed by atoms with Crippen LogP contribution in [-0.4, -0.2) is 33.8 Å². The second-order valence-electron chi connectivity index (χ2n) is 6.32. The van der Waals surface area contributed by atoms with Gasteiger partial charge in [0.05, 0.1) is 42.0 Å². The molecular weight excluding hydrogens is 371 g/mol. The number of methoxy groups -OCH3 is 1. The molecule has 1 aliphatic rings. The van der Waals surface area contributed by atoms with Gasteiger partial charge in [0.2, 0.25) is 0 Å². The molecule has 8 heteroatoms. The van der Waals surface area contributed by atoms with Crippen molar-refractivity contribution in [3.63, 3.8) is 0 Å². The zero-order valence-electron chi connectivity index (χ0n) is 14.4. The molecule has 0 radical (unpaired) electrons. The summed E-state index contributed by atoms with van der Waals surface area (Å²) >= 11 is 6.22. The maximum atomic E-state index is 14.2. The zero-order valence-corrected chi connectivity index (χ0v) is 15.2. The fourth-order valence-corrected chi connectivity index (χ4v) is 2.94. The van der Waals surface area contributed by atoms with Crippen molar-refractivity contribution in [3.8, 4) is 22.6 Å². The molecule has 1 saturated carbocycles. The minimum absolute atomic E-state index is 0.0305. The van der Waals surface area contributed by atoms with Crippen LogP contribution in [0.2, 0.25) is 5.02 Å².